The molecule has 0 spiro atoms. The highest BCUT2D eigenvalue weighted by Crippen LogP contribution is 2.45. The number of hydrogen-bond donors (Lipinski definition) is 1. The van der Waals surface area contributed by atoms with Crippen LogP contribution < -0.4 is 10.2 Å². The Balaban J connectivity index is 1.13. The van der Waals surface area contributed by atoms with Gasteiger partial charge < -0.3 is 24.8 Å². The van der Waals surface area contributed by atoms with Crippen LogP contribution in [0.3, 0.4) is 0 Å². The molecule has 3 fully saturated rings. The molecule has 1 N–H and O–H groups in total. The number of fused-ring (bicyclic) bond motifs is 2. The number of Topliss-reactive ketones (excluding diaryl/α,β-unsaturated/α-hetero) is 1. The van der Waals surface area contributed by atoms with Crippen molar-refractivity contribution < 1.29 is 23.9 Å². The number of aromatic nitrogens is 3. The Kier molecular flexibility index (Phi) is 6.85. The standard InChI is InChI=1S/C27H31N9O5/c1-15(36-14-30-24-23(36)26(39)35(27(40)33(24)2)12-18(37)13-41-3)25(38)32-21-6-4-5-19(31-21)20-8-29-22(9-28-20)34-10-16-7-17(16)11-34/h4-6,8-9,14-17,23-24H,7,10-13H2,1-3H3,(H,31,32,38)/t15-,16?,17?,23?,24?/m0/s1. The lowest BCUT2D eigenvalue weighted by molar-refractivity contribution is -0.142. The van der Waals surface area contributed by atoms with E-state index in [2.05, 4.69) is 30.2 Å². The van der Waals surface area contributed by atoms with Crippen LogP contribution in [0.15, 0.2) is 35.6 Å². The van der Waals surface area contributed by atoms with Crippen molar-refractivity contribution in [2.75, 3.05) is 50.6 Å². The van der Waals surface area contributed by atoms with Gasteiger partial charge in [0, 0.05) is 27.2 Å². The number of nitrogens with one attached hydrogen (secondary N) is 1. The number of hydrogen-bond acceptors (Lipinski definition) is 11. The molecule has 1 saturated carbocycles. The number of piperidine rings is 1. The second-order valence-electron chi connectivity index (χ2n) is 10.9. The molecule has 6 rings (SSSR count). The predicted molar refractivity (Wildman–Crippen MR) is 147 cm³/mol. The van der Waals surface area contributed by atoms with Gasteiger partial charge >= 0.3 is 6.03 Å². The molecule has 4 amide bonds. The Morgan fingerprint density at radius 2 is 1.90 bits per heavy atom. The predicted octanol–water partition coefficient (Wildman–Crippen LogP) is 0.470. The molecule has 3 aliphatic heterocycles. The van der Waals surface area contributed by atoms with Crippen molar-refractivity contribution in [3.8, 4) is 11.4 Å². The number of aliphatic imine (C=N–C) groups is 1. The first-order valence-corrected chi connectivity index (χ1v) is 13.5. The fourth-order valence-electron chi connectivity index (χ4n) is 5.66. The van der Waals surface area contributed by atoms with Crippen molar-refractivity contribution in [3.05, 3.63) is 30.6 Å². The van der Waals surface area contributed by atoms with Gasteiger partial charge in [-0.05, 0) is 37.3 Å². The van der Waals surface area contributed by atoms with Gasteiger partial charge in [0.05, 0.1) is 31.0 Å². The highest BCUT2D eigenvalue weighted by molar-refractivity contribution is 6.05. The molecule has 0 bridgehead atoms. The highest BCUT2D eigenvalue weighted by atomic mass is 16.5. The summed E-state index contributed by atoms with van der Waals surface area (Å²) in [5.74, 6) is 1.31. The Morgan fingerprint density at radius 3 is 2.61 bits per heavy atom. The summed E-state index contributed by atoms with van der Waals surface area (Å²) in [6.45, 7) is 3.04. The van der Waals surface area contributed by atoms with E-state index in [1.807, 2.05) is 0 Å². The van der Waals surface area contributed by atoms with Crippen LogP contribution in [-0.2, 0) is 19.1 Å². The first-order valence-electron chi connectivity index (χ1n) is 13.5. The van der Waals surface area contributed by atoms with Crippen LogP contribution in [0.2, 0.25) is 0 Å². The van der Waals surface area contributed by atoms with Crippen LogP contribution in [-0.4, -0.2) is 118 Å². The van der Waals surface area contributed by atoms with E-state index in [1.54, 1.807) is 37.5 Å². The minimum atomic E-state index is -0.955. The number of ketones is 1. The van der Waals surface area contributed by atoms with Crippen molar-refractivity contribution in [2.24, 2.45) is 16.8 Å². The average molecular weight is 562 g/mol. The van der Waals surface area contributed by atoms with Crippen molar-refractivity contribution in [1.29, 1.82) is 0 Å². The van der Waals surface area contributed by atoms with E-state index < -0.39 is 48.4 Å². The molecule has 2 saturated heterocycles. The minimum absolute atomic E-state index is 0.227. The number of nitrogens with zero attached hydrogens (tertiary/aromatic N) is 8. The van der Waals surface area contributed by atoms with Gasteiger partial charge in [-0.1, -0.05) is 6.07 Å². The number of anilines is 2. The molecule has 2 aromatic rings. The largest absolute Gasteiger partial charge is 0.377 e. The molecule has 2 aromatic heterocycles. The lowest BCUT2D eigenvalue weighted by atomic mass is 10.1. The summed E-state index contributed by atoms with van der Waals surface area (Å²) in [5, 5.41) is 2.80. The van der Waals surface area contributed by atoms with Crippen LogP contribution in [0.4, 0.5) is 16.4 Å². The van der Waals surface area contributed by atoms with E-state index in [9.17, 15) is 19.2 Å². The van der Waals surface area contributed by atoms with Crippen molar-refractivity contribution in [1.82, 2.24) is 29.7 Å². The number of carbonyl (C=O) groups is 4. The van der Waals surface area contributed by atoms with E-state index in [0.717, 1.165) is 35.6 Å². The molecule has 0 radical (unpaired) electrons. The zero-order chi connectivity index (χ0) is 28.8. The Hall–Kier alpha value is -4.46. The van der Waals surface area contributed by atoms with E-state index in [1.165, 1.54) is 36.7 Å². The molecule has 5 heterocycles. The Morgan fingerprint density at radius 1 is 1.12 bits per heavy atom. The second kappa shape index (κ2) is 10.5. The van der Waals surface area contributed by atoms with Gasteiger partial charge in [-0.2, -0.15) is 0 Å². The van der Waals surface area contributed by atoms with Gasteiger partial charge in [0.15, 0.2) is 18.0 Å². The van der Waals surface area contributed by atoms with Gasteiger partial charge in [0.1, 0.15) is 30.0 Å². The maximum Gasteiger partial charge on any atom is 0.328 e. The molecule has 0 aromatic carbocycles. The van der Waals surface area contributed by atoms with Crippen molar-refractivity contribution >= 4 is 41.6 Å². The fourth-order valence-corrected chi connectivity index (χ4v) is 5.66. The normalized spacial score (nSPS) is 25.3. The van der Waals surface area contributed by atoms with E-state index >= 15 is 0 Å². The van der Waals surface area contributed by atoms with Crippen LogP contribution in [0.5, 0.6) is 0 Å². The molecule has 4 aliphatic rings. The smallest absolute Gasteiger partial charge is 0.328 e. The molecule has 1 aliphatic carbocycles. The summed E-state index contributed by atoms with van der Waals surface area (Å²) in [7, 11) is 2.86. The number of rotatable bonds is 9. The summed E-state index contributed by atoms with van der Waals surface area (Å²) in [5.41, 5.74) is 1.14. The SMILES string of the molecule is COCC(=O)CN1C(=O)C2C(N=CN2[C@@H](C)C(=O)Nc2cccc(-c3cnc(N4CC5CC5C4)cn3)n2)N(C)C1=O. The molecular formula is C27H31N9O5. The number of carbonyl (C=O) groups excluding carboxylic acids is 4. The maximum atomic E-state index is 13.3. The molecule has 214 valence electrons. The third kappa shape index (κ3) is 4.99. The third-order valence-corrected chi connectivity index (χ3v) is 8.08. The van der Waals surface area contributed by atoms with Crippen molar-refractivity contribution in [3.63, 3.8) is 0 Å². The van der Waals surface area contributed by atoms with E-state index in [4.69, 9.17) is 4.74 Å². The summed E-state index contributed by atoms with van der Waals surface area (Å²) in [6.07, 6.45) is 5.34. The Bertz CT molecular complexity index is 1410. The molecular weight excluding hydrogens is 530 g/mol. The Labute approximate surface area is 236 Å². The van der Waals surface area contributed by atoms with Gasteiger partial charge in [-0.15, -0.1) is 0 Å². The number of imide groups is 1. The van der Waals surface area contributed by atoms with Gasteiger partial charge in [-0.25, -0.2) is 24.7 Å². The summed E-state index contributed by atoms with van der Waals surface area (Å²) >= 11 is 0. The third-order valence-electron chi connectivity index (χ3n) is 8.08. The molecule has 4 unspecified atom stereocenters. The lowest BCUT2D eigenvalue weighted by Gasteiger charge is -2.42. The zero-order valence-corrected chi connectivity index (χ0v) is 23.0. The molecule has 14 heteroatoms. The number of ether oxygens (including phenoxy) is 1. The highest BCUT2D eigenvalue weighted by Gasteiger charge is 2.51. The zero-order valence-electron chi connectivity index (χ0n) is 23.0. The number of pyridine rings is 1. The monoisotopic (exact) mass is 561 g/mol. The second-order valence-corrected chi connectivity index (χ2v) is 10.9. The number of urea groups is 1. The first kappa shape index (κ1) is 26.7. The summed E-state index contributed by atoms with van der Waals surface area (Å²) in [6, 6.07) is 2.79. The lowest BCUT2D eigenvalue weighted by Crippen LogP contribution is -2.66. The van der Waals surface area contributed by atoms with Crippen LogP contribution in [0.1, 0.15) is 13.3 Å². The topological polar surface area (TPSA) is 154 Å². The van der Waals surface area contributed by atoms with Crippen LogP contribution in [0.25, 0.3) is 11.4 Å². The molecule has 14 nitrogen and oxygen atoms in total. The number of amides is 4. The quantitative estimate of drug-likeness (QED) is 0.457. The summed E-state index contributed by atoms with van der Waals surface area (Å²) in [4.78, 5) is 75.4. The fraction of sp³-hybridized carbons (Fsp3) is 0.481. The van der Waals surface area contributed by atoms with E-state index in [-0.39, 0.29) is 6.61 Å². The van der Waals surface area contributed by atoms with Gasteiger partial charge in [0.2, 0.25) is 5.91 Å². The first-order chi connectivity index (χ1) is 19.7. The number of likely N-dealkylation sites (N-methyl/N-ethyl adjacent to an activating group) is 1. The van der Waals surface area contributed by atoms with E-state index in [0.29, 0.717) is 17.2 Å². The maximum absolute atomic E-state index is 13.3. The minimum Gasteiger partial charge on any atom is -0.377 e. The van der Waals surface area contributed by atoms with Gasteiger partial charge in [-0.3, -0.25) is 19.3 Å². The number of methoxy groups -OCH3 is 1. The van der Waals surface area contributed by atoms with Crippen LogP contribution >= 0.6 is 0 Å². The summed E-state index contributed by atoms with van der Waals surface area (Å²) < 4.78 is 4.83. The molecule has 5 atom stereocenters. The van der Waals surface area contributed by atoms with Gasteiger partial charge in [0.25, 0.3) is 5.91 Å². The van der Waals surface area contributed by atoms with Crippen molar-refractivity contribution in [2.45, 2.75) is 31.6 Å². The average Bonchev–Trinajstić information content (AvgIpc) is 3.35. The van der Waals surface area contributed by atoms with Crippen LogP contribution in [0, 0.1) is 11.8 Å². The molecule has 41 heavy (non-hydrogen) atoms.